The highest BCUT2D eigenvalue weighted by atomic mass is 79.9. The largest absolute Gasteiger partial charge is 0.494 e. The van der Waals surface area contributed by atoms with Gasteiger partial charge in [-0.15, -0.1) is 0 Å². The smallest absolute Gasteiger partial charge is 0.116 e. The van der Waals surface area contributed by atoms with Crippen LogP contribution in [0.25, 0.3) is 0 Å². The van der Waals surface area contributed by atoms with Crippen molar-refractivity contribution in [3.05, 3.63) is 24.0 Å². The van der Waals surface area contributed by atoms with Gasteiger partial charge < -0.3 is 4.74 Å². The average molecular weight is 231 g/mol. The second-order valence-electron chi connectivity index (χ2n) is 2.94. The summed E-state index contributed by atoms with van der Waals surface area (Å²) in [6.45, 7) is 2.17. The van der Waals surface area contributed by atoms with E-state index < -0.39 is 0 Å². The molecule has 2 heteroatoms. The highest BCUT2D eigenvalue weighted by molar-refractivity contribution is 9.09. The molecule has 1 atom stereocenters. The fourth-order valence-corrected chi connectivity index (χ4v) is 1.78. The number of allylic oxidation sites excluding steroid dienone is 2. The van der Waals surface area contributed by atoms with Gasteiger partial charge in [-0.2, -0.15) is 0 Å². The standard InChI is InChI=1S/C10H15BrO/c1-2-9(8-11)7-10-5-3-4-6-12-10/h4,6-7,10H,2-3,5,8H2,1H3. The normalized spacial score (nSPS) is 23.8. The van der Waals surface area contributed by atoms with Gasteiger partial charge >= 0.3 is 0 Å². The zero-order valence-electron chi connectivity index (χ0n) is 7.42. The minimum atomic E-state index is 0.308. The first-order valence-electron chi connectivity index (χ1n) is 4.42. The Labute approximate surface area is 82.6 Å². The molecule has 1 nitrogen and oxygen atoms in total. The van der Waals surface area contributed by atoms with E-state index in [1.807, 2.05) is 6.26 Å². The van der Waals surface area contributed by atoms with Gasteiger partial charge in [-0.3, -0.25) is 0 Å². The molecular formula is C10H15BrO. The summed E-state index contributed by atoms with van der Waals surface area (Å²) in [6.07, 6.45) is 9.79. The Balaban J connectivity index is 2.46. The first-order chi connectivity index (χ1) is 5.86. The molecule has 0 radical (unpaired) electrons. The van der Waals surface area contributed by atoms with Crippen molar-refractivity contribution in [3.8, 4) is 0 Å². The molecular weight excluding hydrogens is 216 g/mol. The summed E-state index contributed by atoms with van der Waals surface area (Å²) in [7, 11) is 0. The summed E-state index contributed by atoms with van der Waals surface area (Å²) in [5.41, 5.74) is 1.43. The quantitative estimate of drug-likeness (QED) is 0.534. The van der Waals surface area contributed by atoms with Gasteiger partial charge in [-0.1, -0.05) is 28.4 Å². The molecule has 1 aliphatic heterocycles. The zero-order valence-corrected chi connectivity index (χ0v) is 9.01. The Morgan fingerprint density at radius 3 is 3.08 bits per heavy atom. The molecule has 1 heterocycles. The van der Waals surface area contributed by atoms with Crippen LogP contribution in [-0.2, 0) is 4.74 Å². The number of rotatable bonds is 3. The topological polar surface area (TPSA) is 9.23 Å². The molecule has 0 bridgehead atoms. The van der Waals surface area contributed by atoms with Gasteiger partial charge in [0.05, 0.1) is 6.26 Å². The highest BCUT2D eigenvalue weighted by Crippen LogP contribution is 2.15. The van der Waals surface area contributed by atoms with E-state index in [2.05, 4.69) is 35.0 Å². The fraction of sp³-hybridized carbons (Fsp3) is 0.600. The van der Waals surface area contributed by atoms with E-state index in [9.17, 15) is 0 Å². The number of halogens is 1. The molecule has 0 aromatic carbocycles. The van der Waals surface area contributed by atoms with Gasteiger partial charge in [-0.25, -0.2) is 0 Å². The average Bonchev–Trinajstić information content (AvgIpc) is 2.16. The van der Waals surface area contributed by atoms with Gasteiger partial charge in [0, 0.05) is 5.33 Å². The van der Waals surface area contributed by atoms with Gasteiger partial charge in [0.25, 0.3) is 0 Å². The predicted molar refractivity (Wildman–Crippen MR) is 55.4 cm³/mol. The van der Waals surface area contributed by atoms with Gasteiger partial charge in [0.15, 0.2) is 0 Å². The summed E-state index contributed by atoms with van der Waals surface area (Å²) in [4.78, 5) is 0. The fourth-order valence-electron chi connectivity index (χ4n) is 1.20. The monoisotopic (exact) mass is 230 g/mol. The maximum atomic E-state index is 5.43. The molecule has 1 unspecified atom stereocenters. The molecule has 1 rings (SSSR count). The van der Waals surface area contributed by atoms with E-state index in [-0.39, 0.29) is 0 Å². The van der Waals surface area contributed by atoms with Crippen LogP contribution in [-0.4, -0.2) is 11.4 Å². The second-order valence-corrected chi connectivity index (χ2v) is 3.50. The molecule has 0 aliphatic carbocycles. The van der Waals surface area contributed by atoms with Crippen molar-refractivity contribution in [2.75, 3.05) is 5.33 Å². The molecule has 0 spiro atoms. The Kier molecular flexibility index (Phi) is 4.44. The van der Waals surface area contributed by atoms with Crippen LogP contribution in [0.5, 0.6) is 0 Å². The third-order valence-electron chi connectivity index (χ3n) is 2.01. The molecule has 0 N–H and O–H groups in total. The molecule has 0 fully saturated rings. The third-order valence-corrected chi connectivity index (χ3v) is 2.74. The highest BCUT2D eigenvalue weighted by Gasteiger charge is 2.07. The molecule has 1 aliphatic rings. The van der Waals surface area contributed by atoms with Crippen LogP contribution in [0.4, 0.5) is 0 Å². The van der Waals surface area contributed by atoms with Crippen LogP contribution in [0.2, 0.25) is 0 Å². The van der Waals surface area contributed by atoms with Crippen molar-refractivity contribution in [2.24, 2.45) is 0 Å². The van der Waals surface area contributed by atoms with Gasteiger partial charge in [-0.05, 0) is 31.4 Å². The van der Waals surface area contributed by atoms with Crippen LogP contribution < -0.4 is 0 Å². The van der Waals surface area contributed by atoms with E-state index in [0.29, 0.717) is 6.10 Å². The Hall–Kier alpha value is -0.240. The maximum Gasteiger partial charge on any atom is 0.116 e. The minimum Gasteiger partial charge on any atom is -0.494 e. The SMILES string of the molecule is CCC(=CC1CCC=CO1)CBr. The second kappa shape index (κ2) is 5.41. The molecule has 0 saturated carbocycles. The first kappa shape index (κ1) is 9.85. The minimum absolute atomic E-state index is 0.308. The van der Waals surface area contributed by atoms with E-state index in [1.165, 1.54) is 5.57 Å². The molecule has 0 aromatic rings. The van der Waals surface area contributed by atoms with Crippen LogP contribution >= 0.6 is 15.9 Å². The lowest BCUT2D eigenvalue weighted by Crippen LogP contribution is -2.10. The number of hydrogen-bond acceptors (Lipinski definition) is 1. The number of ether oxygens (including phenoxy) is 1. The molecule has 0 saturated heterocycles. The van der Waals surface area contributed by atoms with Crippen LogP contribution in [0.1, 0.15) is 26.2 Å². The zero-order chi connectivity index (χ0) is 8.81. The maximum absolute atomic E-state index is 5.43. The van der Waals surface area contributed by atoms with E-state index in [0.717, 1.165) is 24.6 Å². The van der Waals surface area contributed by atoms with Crippen molar-refractivity contribution in [2.45, 2.75) is 32.3 Å². The summed E-state index contributed by atoms with van der Waals surface area (Å²) in [6, 6.07) is 0. The van der Waals surface area contributed by atoms with E-state index in [4.69, 9.17) is 4.74 Å². The first-order valence-corrected chi connectivity index (χ1v) is 5.55. The van der Waals surface area contributed by atoms with Gasteiger partial charge in [0.1, 0.15) is 6.10 Å². The Morgan fingerprint density at radius 2 is 2.58 bits per heavy atom. The Bertz CT molecular complexity index is 178. The van der Waals surface area contributed by atoms with E-state index >= 15 is 0 Å². The van der Waals surface area contributed by atoms with Gasteiger partial charge in [0.2, 0.25) is 0 Å². The van der Waals surface area contributed by atoms with Crippen molar-refractivity contribution in [1.29, 1.82) is 0 Å². The van der Waals surface area contributed by atoms with Crippen molar-refractivity contribution >= 4 is 15.9 Å². The van der Waals surface area contributed by atoms with E-state index in [1.54, 1.807) is 0 Å². The van der Waals surface area contributed by atoms with Crippen molar-refractivity contribution in [1.82, 2.24) is 0 Å². The summed E-state index contributed by atoms with van der Waals surface area (Å²) < 4.78 is 5.43. The predicted octanol–water partition coefficient (Wildman–Crippen LogP) is 3.41. The number of alkyl halides is 1. The summed E-state index contributed by atoms with van der Waals surface area (Å²) >= 11 is 3.46. The van der Waals surface area contributed by atoms with Crippen LogP contribution in [0.15, 0.2) is 24.0 Å². The molecule has 0 amide bonds. The molecule has 0 aromatic heterocycles. The molecule has 68 valence electrons. The van der Waals surface area contributed by atoms with Crippen LogP contribution in [0.3, 0.4) is 0 Å². The Morgan fingerprint density at radius 1 is 1.75 bits per heavy atom. The lowest BCUT2D eigenvalue weighted by Gasteiger charge is -2.16. The molecule has 12 heavy (non-hydrogen) atoms. The number of hydrogen-bond donors (Lipinski definition) is 0. The summed E-state index contributed by atoms with van der Waals surface area (Å²) in [5.74, 6) is 0. The lowest BCUT2D eigenvalue weighted by molar-refractivity contribution is 0.164. The van der Waals surface area contributed by atoms with Crippen molar-refractivity contribution in [3.63, 3.8) is 0 Å². The van der Waals surface area contributed by atoms with Crippen LogP contribution in [0, 0.1) is 0 Å². The third kappa shape index (κ3) is 3.02. The summed E-state index contributed by atoms with van der Waals surface area (Å²) in [5, 5.41) is 0.965. The lowest BCUT2D eigenvalue weighted by atomic mass is 10.1. The van der Waals surface area contributed by atoms with Crippen molar-refractivity contribution < 1.29 is 4.74 Å².